The lowest BCUT2D eigenvalue weighted by molar-refractivity contribution is -0.116. The van der Waals surface area contributed by atoms with Gasteiger partial charge in [0.2, 0.25) is 5.91 Å². The molecule has 1 aliphatic rings. The summed E-state index contributed by atoms with van der Waals surface area (Å²) in [5.74, 6) is -0.732. The molecular formula is C29H26Cl2FNO4. The number of allylic oxidation sites excluding steroid dienone is 2. The highest BCUT2D eigenvalue weighted by molar-refractivity contribution is 6.30. The smallest absolute Gasteiger partial charge is 0.335 e. The Balaban J connectivity index is 1.72. The Morgan fingerprint density at radius 3 is 2.57 bits per heavy atom. The number of hydrogen-bond acceptors (Lipinski definition) is 3. The van der Waals surface area contributed by atoms with Crippen molar-refractivity contribution in [3.05, 3.63) is 93.8 Å². The molecule has 0 unspecified atom stereocenters. The number of halogens is 3. The van der Waals surface area contributed by atoms with Crippen LogP contribution >= 0.6 is 23.2 Å². The quantitative estimate of drug-likeness (QED) is 0.256. The molecule has 0 saturated heterocycles. The van der Waals surface area contributed by atoms with Crippen LogP contribution in [0.4, 0.5) is 10.1 Å². The van der Waals surface area contributed by atoms with Crippen LogP contribution in [0.5, 0.6) is 5.75 Å². The molecule has 0 radical (unpaired) electrons. The average molecular weight is 542 g/mol. The predicted octanol–water partition coefficient (Wildman–Crippen LogP) is 7.81. The first kappa shape index (κ1) is 26.7. The van der Waals surface area contributed by atoms with Gasteiger partial charge < -0.3 is 15.2 Å². The molecule has 0 aromatic heterocycles. The first-order chi connectivity index (χ1) is 17.9. The molecule has 0 fully saturated rings. The van der Waals surface area contributed by atoms with E-state index in [0.29, 0.717) is 39.9 Å². The molecule has 8 heteroatoms. The van der Waals surface area contributed by atoms with Gasteiger partial charge in [-0.15, -0.1) is 11.6 Å². The number of rotatable bonds is 10. The zero-order valence-electron chi connectivity index (χ0n) is 20.0. The molecule has 2 N–H and O–H groups in total. The molecule has 1 amide bonds. The van der Waals surface area contributed by atoms with E-state index in [0.717, 1.165) is 36.0 Å². The number of benzene rings is 3. The molecule has 5 nitrogen and oxygen atoms in total. The van der Waals surface area contributed by atoms with Crippen molar-refractivity contribution in [1.29, 1.82) is 0 Å². The van der Waals surface area contributed by atoms with Crippen molar-refractivity contribution < 1.29 is 23.8 Å². The third-order valence-corrected chi connectivity index (χ3v) is 6.68. The summed E-state index contributed by atoms with van der Waals surface area (Å²) in [6, 6.07) is 16.6. The molecule has 192 valence electrons. The second-order valence-electron chi connectivity index (χ2n) is 8.78. The number of carboxylic acids is 1. The van der Waals surface area contributed by atoms with E-state index >= 15 is 0 Å². The summed E-state index contributed by atoms with van der Waals surface area (Å²) in [5.41, 5.74) is 4.35. The summed E-state index contributed by atoms with van der Waals surface area (Å²) in [6.07, 6.45) is 3.09. The lowest BCUT2D eigenvalue weighted by Gasteiger charge is -2.16. The van der Waals surface area contributed by atoms with Gasteiger partial charge in [-0.1, -0.05) is 29.8 Å². The topological polar surface area (TPSA) is 75.6 Å². The number of carbonyl (C=O) groups excluding carboxylic acids is 1. The molecule has 0 atom stereocenters. The predicted molar refractivity (Wildman–Crippen MR) is 145 cm³/mol. The fourth-order valence-corrected chi connectivity index (χ4v) is 4.75. The first-order valence-corrected chi connectivity index (χ1v) is 12.9. The van der Waals surface area contributed by atoms with Crippen molar-refractivity contribution in [2.75, 3.05) is 11.2 Å². The minimum atomic E-state index is -1.09. The number of ether oxygens (including phenoxy) is 1. The van der Waals surface area contributed by atoms with Crippen LogP contribution in [-0.4, -0.2) is 22.9 Å². The Kier molecular flexibility index (Phi) is 8.85. The van der Waals surface area contributed by atoms with Crippen LogP contribution in [0.25, 0.3) is 11.1 Å². The van der Waals surface area contributed by atoms with E-state index in [9.17, 15) is 19.1 Å². The maximum atomic E-state index is 14.1. The van der Waals surface area contributed by atoms with E-state index in [1.807, 2.05) is 6.07 Å². The molecule has 0 spiro atoms. The second kappa shape index (κ2) is 12.3. The first-order valence-electron chi connectivity index (χ1n) is 12.0. The van der Waals surface area contributed by atoms with Crippen LogP contribution in [0.2, 0.25) is 5.02 Å². The van der Waals surface area contributed by atoms with Crippen molar-refractivity contribution in [1.82, 2.24) is 0 Å². The van der Waals surface area contributed by atoms with E-state index in [4.69, 9.17) is 27.9 Å². The largest absolute Gasteiger partial charge is 0.488 e. The summed E-state index contributed by atoms with van der Waals surface area (Å²) < 4.78 is 20.2. The Bertz CT molecular complexity index is 1360. The Morgan fingerprint density at radius 2 is 1.81 bits per heavy atom. The minimum absolute atomic E-state index is 0.0525. The average Bonchev–Trinajstić information content (AvgIpc) is 3.37. The van der Waals surface area contributed by atoms with Gasteiger partial charge in [0.15, 0.2) is 0 Å². The number of carbonyl (C=O) groups is 2. The molecule has 1 aliphatic carbocycles. The molecule has 0 bridgehead atoms. The van der Waals surface area contributed by atoms with Crippen LogP contribution in [-0.2, 0) is 11.4 Å². The van der Waals surface area contributed by atoms with E-state index in [1.165, 1.54) is 12.1 Å². The number of amides is 1. The molecule has 3 aromatic rings. The molecule has 0 heterocycles. The van der Waals surface area contributed by atoms with Gasteiger partial charge in [0, 0.05) is 34.1 Å². The zero-order chi connectivity index (χ0) is 26.4. The van der Waals surface area contributed by atoms with Gasteiger partial charge in [-0.05, 0) is 84.9 Å². The summed E-state index contributed by atoms with van der Waals surface area (Å²) in [7, 11) is 0. The van der Waals surface area contributed by atoms with E-state index < -0.39 is 5.97 Å². The highest BCUT2D eigenvalue weighted by Gasteiger charge is 2.23. The van der Waals surface area contributed by atoms with Crippen LogP contribution in [0.1, 0.15) is 59.2 Å². The molecule has 0 saturated carbocycles. The number of alkyl halides is 1. The maximum Gasteiger partial charge on any atom is 0.335 e. The van der Waals surface area contributed by atoms with Gasteiger partial charge in [-0.3, -0.25) is 4.79 Å². The van der Waals surface area contributed by atoms with E-state index in [2.05, 4.69) is 5.32 Å². The van der Waals surface area contributed by atoms with E-state index in [1.54, 1.807) is 42.5 Å². The molecular weight excluding hydrogens is 516 g/mol. The lowest BCUT2D eigenvalue weighted by Crippen LogP contribution is -2.12. The molecule has 37 heavy (non-hydrogen) atoms. The second-order valence-corrected chi connectivity index (χ2v) is 9.59. The number of anilines is 1. The van der Waals surface area contributed by atoms with Gasteiger partial charge in [-0.25, -0.2) is 9.18 Å². The summed E-state index contributed by atoms with van der Waals surface area (Å²) >= 11 is 12.0. The Labute approximate surface area is 224 Å². The lowest BCUT2D eigenvalue weighted by atomic mass is 9.94. The zero-order valence-corrected chi connectivity index (χ0v) is 21.5. The fraction of sp³-hybridized carbons (Fsp3) is 0.241. The third-order valence-electron chi connectivity index (χ3n) is 6.18. The van der Waals surface area contributed by atoms with Crippen LogP contribution in [0, 0.1) is 5.82 Å². The maximum absolute atomic E-state index is 14.1. The summed E-state index contributed by atoms with van der Waals surface area (Å²) in [5, 5.41) is 13.0. The molecule has 4 rings (SSSR count). The normalized spacial score (nSPS) is 13.1. The summed E-state index contributed by atoms with van der Waals surface area (Å²) in [4.78, 5) is 24.1. The van der Waals surface area contributed by atoms with Crippen LogP contribution in [0.3, 0.4) is 0 Å². The van der Waals surface area contributed by atoms with Gasteiger partial charge in [0.05, 0.1) is 5.56 Å². The van der Waals surface area contributed by atoms with Gasteiger partial charge >= 0.3 is 5.97 Å². The van der Waals surface area contributed by atoms with Crippen LogP contribution < -0.4 is 10.1 Å². The Morgan fingerprint density at radius 1 is 1.03 bits per heavy atom. The number of carboxylic acid groups (broad SMARTS) is 1. The van der Waals surface area contributed by atoms with E-state index in [-0.39, 0.29) is 30.3 Å². The number of aromatic carboxylic acids is 1. The molecule has 3 aromatic carbocycles. The highest BCUT2D eigenvalue weighted by atomic mass is 35.5. The van der Waals surface area contributed by atoms with Crippen LogP contribution in [0.15, 0.2) is 60.7 Å². The highest BCUT2D eigenvalue weighted by Crippen LogP contribution is 2.44. The van der Waals surface area contributed by atoms with Gasteiger partial charge in [0.1, 0.15) is 18.2 Å². The fourth-order valence-electron chi connectivity index (χ4n) is 4.44. The van der Waals surface area contributed by atoms with Crippen molar-refractivity contribution in [2.24, 2.45) is 0 Å². The van der Waals surface area contributed by atoms with Crippen molar-refractivity contribution >= 4 is 51.9 Å². The summed E-state index contributed by atoms with van der Waals surface area (Å²) in [6.45, 7) is 0.0525. The van der Waals surface area contributed by atoms with Gasteiger partial charge in [-0.2, -0.15) is 0 Å². The van der Waals surface area contributed by atoms with Crippen molar-refractivity contribution in [3.8, 4) is 5.75 Å². The monoisotopic (exact) mass is 541 g/mol. The number of nitrogens with one attached hydrogen (secondary N) is 1. The number of hydrogen-bond donors (Lipinski definition) is 2. The minimum Gasteiger partial charge on any atom is -0.488 e. The SMILES string of the molecule is O=C(CCCCl)Nc1cc(C(=O)O)cc(C2=C(c3cc(Cl)ccc3OCc3ccccc3F)CCC2)c1. The van der Waals surface area contributed by atoms with Gasteiger partial charge in [0.25, 0.3) is 0 Å². The Hall–Kier alpha value is -3.35. The van der Waals surface area contributed by atoms with Crippen molar-refractivity contribution in [3.63, 3.8) is 0 Å². The standard InChI is InChI=1S/C29H26Cl2FNO4/c30-12-4-9-28(34)33-22-14-19(13-20(15-22)29(35)36)23-6-3-7-24(23)25-16-21(31)10-11-27(25)37-17-18-5-1-2-8-26(18)32/h1-2,5,8,10-11,13-16H,3-4,6-7,9,12,17H2,(H,33,34)(H,35,36). The molecule has 0 aliphatic heterocycles. The third kappa shape index (κ3) is 6.70. The van der Waals surface area contributed by atoms with Crippen molar-refractivity contribution in [2.45, 2.75) is 38.7 Å².